The van der Waals surface area contributed by atoms with Crippen molar-refractivity contribution in [3.63, 3.8) is 0 Å². The van der Waals surface area contributed by atoms with E-state index < -0.39 is 0 Å². The predicted octanol–water partition coefficient (Wildman–Crippen LogP) is 1.98. The molecule has 0 aliphatic rings. The maximum atomic E-state index is 8.86. The van der Waals surface area contributed by atoms with E-state index in [4.69, 9.17) is 23.7 Å². The van der Waals surface area contributed by atoms with E-state index in [-0.39, 0.29) is 12.7 Å². The molecule has 0 amide bonds. The van der Waals surface area contributed by atoms with E-state index in [1.165, 1.54) is 6.26 Å². The summed E-state index contributed by atoms with van der Waals surface area (Å²) in [5.41, 5.74) is 0.403. The molecule has 0 saturated carbocycles. The molecule has 0 unspecified atom stereocenters. The Bertz CT molecular complexity index is 501. The Hall–Kier alpha value is -2.21. The molecule has 96 valence electrons. The van der Waals surface area contributed by atoms with Crippen molar-refractivity contribution in [2.24, 2.45) is 0 Å². The summed E-state index contributed by atoms with van der Waals surface area (Å²) >= 11 is 0. The number of aliphatic hydroxyl groups excluding tert-OH is 1. The molecule has 6 nitrogen and oxygen atoms in total. The highest BCUT2D eigenvalue weighted by atomic mass is 16.6. The van der Waals surface area contributed by atoms with Gasteiger partial charge in [0.25, 0.3) is 0 Å². The van der Waals surface area contributed by atoms with Crippen molar-refractivity contribution in [3.05, 3.63) is 30.2 Å². The Kier molecular flexibility index (Phi) is 3.69. The normalized spacial score (nSPS) is 10.2. The molecule has 2 aromatic rings. The van der Waals surface area contributed by atoms with Crippen LogP contribution in [0.3, 0.4) is 0 Å². The van der Waals surface area contributed by atoms with E-state index in [1.54, 1.807) is 32.4 Å². The average Bonchev–Trinajstić information content (AvgIpc) is 2.85. The van der Waals surface area contributed by atoms with Crippen molar-refractivity contribution in [2.75, 3.05) is 14.2 Å². The molecule has 0 radical (unpaired) electrons. The van der Waals surface area contributed by atoms with Gasteiger partial charge in [0.05, 0.1) is 20.8 Å². The highest BCUT2D eigenvalue weighted by Gasteiger charge is 2.08. The fraction of sp³-hybridized carbons (Fsp3) is 0.250. The van der Waals surface area contributed by atoms with E-state index in [2.05, 4.69) is 4.98 Å². The first-order valence-corrected chi connectivity index (χ1v) is 5.21. The number of aliphatic hydroxyl groups is 1. The number of hydrogen-bond acceptors (Lipinski definition) is 6. The molecule has 1 aromatic heterocycles. The number of oxazole rings is 1. The standard InChI is InChI=1S/C12H13NO5/c1-15-9-3-10(16-2)5-11(4-9)18-12-13-8(6-14)7-17-12/h3-5,7,14H,6H2,1-2H3. The molecule has 6 heteroatoms. The lowest BCUT2D eigenvalue weighted by molar-refractivity contribution is 0.276. The number of hydrogen-bond donors (Lipinski definition) is 1. The molecule has 2 rings (SSSR count). The molecular weight excluding hydrogens is 238 g/mol. The zero-order chi connectivity index (χ0) is 13.0. The fourth-order valence-corrected chi connectivity index (χ4v) is 1.35. The first kappa shape index (κ1) is 12.3. The number of aromatic nitrogens is 1. The summed E-state index contributed by atoms with van der Waals surface area (Å²) in [5, 5.41) is 8.86. The van der Waals surface area contributed by atoms with Crippen LogP contribution in [0.25, 0.3) is 0 Å². The van der Waals surface area contributed by atoms with Crippen LogP contribution < -0.4 is 14.2 Å². The first-order chi connectivity index (χ1) is 8.75. The van der Waals surface area contributed by atoms with Gasteiger partial charge in [-0.25, -0.2) is 0 Å². The quantitative estimate of drug-likeness (QED) is 0.875. The van der Waals surface area contributed by atoms with Crippen LogP contribution in [-0.2, 0) is 6.61 Å². The van der Waals surface area contributed by atoms with E-state index in [0.717, 1.165) is 0 Å². The van der Waals surface area contributed by atoms with Crippen LogP contribution in [-0.4, -0.2) is 24.3 Å². The van der Waals surface area contributed by atoms with Crippen molar-refractivity contribution in [1.82, 2.24) is 4.98 Å². The van der Waals surface area contributed by atoms with Crippen molar-refractivity contribution < 1.29 is 23.7 Å². The minimum atomic E-state index is -0.200. The van der Waals surface area contributed by atoms with Crippen molar-refractivity contribution in [2.45, 2.75) is 6.61 Å². The summed E-state index contributed by atoms with van der Waals surface area (Å²) in [4.78, 5) is 3.91. The van der Waals surface area contributed by atoms with Gasteiger partial charge in [-0.2, -0.15) is 4.98 Å². The van der Waals surface area contributed by atoms with Crippen molar-refractivity contribution >= 4 is 0 Å². The van der Waals surface area contributed by atoms with E-state index in [9.17, 15) is 0 Å². The lowest BCUT2D eigenvalue weighted by Crippen LogP contribution is -1.90. The van der Waals surface area contributed by atoms with E-state index in [1.807, 2.05) is 0 Å². The van der Waals surface area contributed by atoms with Gasteiger partial charge in [-0.15, -0.1) is 0 Å². The third-order valence-corrected chi connectivity index (χ3v) is 2.22. The molecule has 0 aliphatic heterocycles. The van der Waals surface area contributed by atoms with Gasteiger partial charge in [0.2, 0.25) is 0 Å². The molecule has 0 spiro atoms. The maximum absolute atomic E-state index is 8.86. The van der Waals surface area contributed by atoms with Crippen LogP contribution in [0.2, 0.25) is 0 Å². The van der Waals surface area contributed by atoms with Gasteiger partial charge in [0, 0.05) is 18.2 Å². The molecule has 1 aromatic carbocycles. The van der Waals surface area contributed by atoms with Crippen LogP contribution in [0.4, 0.5) is 0 Å². The molecule has 1 heterocycles. The smallest absolute Gasteiger partial charge is 0.399 e. The van der Waals surface area contributed by atoms with Gasteiger partial charge < -0.3 is 23.7 Å². The lowest BCUT2D eigenvalue weighted by atomic mass is 10.3. The van der Waals surface area contributed by atoms with Crippen LogP contribution >= 0.6 is 0 Å². The number of nitrogens with zero attached hydrogens (tertiary/aromatic N) is 1. The SMILES string of the molecule is COc1cc(OC)cc(Oc2nc(CO)co2)c1. The average molecular weight is 251 g/mol. The first-order valence-electron chi connectivity index (χ1n) is 5.21. The van der Waals surface area contributed by atoms with Crippen molar-refractivity contribution in [1.29, 1.82) is 0 Å². The van der Waals surface area contributed by atoms with Gasteiger partial charge in [0.1, 0.15) is 29.2 Å². The monoisotopic (exact) mass is 251 g/mol. The Labute approximate surface area is 104 Å². The molecule has 0 saturated heterocycles. The summed E-state index contributed by atoms with van der Waals surface area (Å²) in [7, 11) is 3.10. The van der Waals surface area contributed by atoms with Gasteiger partial charge in [0.15, 0.2) is 0 Å². The summed E-state index contributed by atoms with van der Waals surface area (Å²) in [6, 6.07) is 5.07. The Morgan fingerprint density at radius 3 is 2.22 bits per heavy atom. The summed E-state index contributed by atoms with van der Waals surface area (Å²) in [6.45, 7) is -0.200. The zero-order valence-electron chi connectivity index (χ0n) is 10.0. The largest absolute Gasteiger partial charge is 0.496 e. The minimum absolute atomic E-state index is 0.0503. The summed E-state index contributed by atoms with van der Waals surface area (Å²) in [5.74, 6) is 1.66. The van der Waals surface area contributed by atoms with Gasteiger partial charge in [-0.05, 0) is 0 Å². The Balaban J connectivity index is 2.22. The minimum Gasteiger partial charge on any atom is -0.496 e. The molecule has 0 aliphatic carbocycles. The van der Waals surface area contributed by atoms with Gasteiger partial charge in [-0.1, -0.05) is 0 Å². The van der Waals surface area contributed by atoms with Crippen LogP contribution in [0, 0.1) is 0 Å². The van der Waals surface area contributed by atoms with Crippen LogP contribution in [0.15, 0.2) is 28.9 Å². The summed E-state index contributed by atoms with van der Waals surface area (Å²) in [6.07, 6.45) is 1.38. The molecule has 0 bridgehead atoms. The molecule has 18 heavy (non-hydrogen) atoms. The van der Waals surface area contributed by atoms with Gasteiger partial charge in [-0.3, -0.25) is 0 Å². The number of rotatable bonds is 5. The Morgan fingerprint density at radius 2 is 1.72 bits per heavy atom. The number of methoxy groups -OCH3 is 2. The topological polar surface area (TPSA) is 74.0 Å². The highest BCUT2D eigenvalue weighted by Crippen LogP contribution is 2.30. The number of benzene rings is 1. The third kappa shape index (κ3) is 2.72. The zero-order valence-corrected chi connectivity index (χ0v) is 10.0. The maximum Gasteiger partial charge on any atom is 0.399 e. The summed E-state index contributed by atoms with van der Waals surface area (Å²) < 4.78 is 20.6. The Morgan fingerprint density at radius 1 is 1.11 bits per heavy atom. The molecular formula is C12H13NO5. The van der Waals surface area contributed by atoms with Crippen LogP contribution in [0.5, 0.6) is 23.3 Å². The molecule has 1 N–H and O–H groups in total. The predicted molar refractivity (Wildman–Crippen MR) is 62.0 cm³/mol. The number of ether oxygens (including phenoxy) is 3. The van der Waals surface area contributed by atoms with Crippen molar-refractivity contribution in [3.8, 4) is 23.3 Å². The molecule has 0 fully saturated rings. The second-order valence-corrected chi connectivity index (χ2v) is 3.41. The lowest BCUT2D eigenvalue weighted by Gasteiger charge is -2.07. The highest BCUT2D eigenvalue weighted by molar-refractivity contribution is 5.42. The third-order valence-electron chi connectivity index (χ3n) is 2.22. The van der Waals surface area contributed by atoms with E-state index in [0.29, 0.717) is 22.9 Å². The van der Waals surface area contributed by atoms with Crippen LogP contribution in [0.1, 0.15) is 5.69 Å². The molecule has 0 atom stereocenters. The van der Waals surface area contributed by atoms with E-state index >= 15 is 0 Å². The second kappa shape index (κ2) is 5.42. The second-order valence-electron chi connectivity index (χ2n) is 3.41. The van der Waals surface area contributed by atoms with Gasteiger partial charge >= 0.3 is 6.08 Å². The fourth-order valence-electron chi connectivity index (χ4n) is 1.35.